The molecule has 0 aromatic heterocycles. The first-order valence-corrected chi connectivity index (χ1v) is 8.73. The fourth-order valence-corrected chi connectivity index (χ4v) is 4.12. The quantitative estimate of drug-likeness (QED) is 0.927. The van der Waals surface area contributed by atoms with Gasteiger partial charge in [-0.3, -0.25) is 4.79 Å². The molecule has 0 radical (unpaired) electrons. The number of aryl methyl sites for hydroxylation is 1. The molecule has 0 atom stereocenters. The lowest BCUT2D eigenvalue weighted by molar-refractivity contribution is 0.0962. The van der Waals surface area contributed by atoms with Crippen LogP contribution in [-0.2, 0) is 10.0 Å². The summed E-state index contributed by atoms with van der Waals surface area (Å²) in [6, 6.07) is 4.76. The smallest absolute Gasteiger partial charge is 0.251 e. The van der Waals surface area contributed by atoms with Gasteiger partial charge >= 0.3 is 0 Å². The van der Waals surface area contributed by atoms with Crippen LogP contribution >= 0.6 is 0 Å². The van der Waals surface area contributed by atoms with Gasteiger partial charge < -0.3 is 5.32 Å². The first-order chi connectivity index (χ1) is 9.96. The summed E-state index contributed by atoms with van der Waals surface area (Å²) in [4.78, 5) is 12.0. The van der Waals surface area contributed by atoms with Crippen molar-refractivity contribution < 1.29 is 13.2 Å². The van der Waals surface area contributed by atoms with Gasteiger partial charge in [0, 0.05) is 25.7 Å². The molecule has 21 heavy (non-hydrogen) atoms. The van der Waals surface area contributed by atoms with Crippen molar-refractivity contribution in [3.05, 3.63) is 29.3 Å². The van der Waals surface area contributed by atoms with Crippen LogP contribution in [0, 0.1) is 6.92 Å². The third-order valence-corrected chi connectivity index (χ3v) is 5.78. The molecule has 1 saturated heterocycles. The van der Waals surface area contributed by atoms with Gasteiger partial charge in [-0.15, -0.1) is 0 Å². The molecule has 116 valence electrons. The molecule has 1 amide bonds. The number of carbonyl (C=O) groups is 1. The van der Waals surface area contributed by atoms with Gasteiger partial charge in [0.05, 0.1) is 4.90 Å². The van der Waals surface area contributed by atoms with Crippen molar-refractivity contribution in [1.82, 2.24) is 9.62 Å². The molecule has 1 fully saturated rings. The number of carbonyl (C=O) groups excluding carboxylic acids is 1. The van der Waals surface area contributed by atoms with E-state index in [0.29, 0.717) is 18.7 Å². The molecular weight excluding hydrogens is 288 g/mol. The second kappa shape index (κ2) is 6.58. The van der Waals surface area contributed by atoms with Crippen LogP contribution in [-0.4, -0.2) is 38.8 Å². The molecule has 1 aliphatic heterocycles. The lowest BCUT2D eigenvalue weighted by Crippen LogP contribution is -2.32. The van der Waals surface area contributed by atoms with E-state index in [0.717, 1.165) is 31.2 Å². The zero-order valence-electron chi connectivity index (χ0n) is 12.6. The molecule has 1 aliphatic rings. The highest BCUT2D eigenvalue weighted by Crippen LogP contribution is 2.22. The van der Waals surface area contributed by atoms with E-state index in [2.05, 4.69) is 5.32 Å². The molecule has 1 N–H and O–H groups in total. The molecule has 0 unspecified atom stereocenters. The third kappa shape index (κ3) is 3.44. The molecule has 1 heterocycles. The third-order valence-electron chi connectivity index (χ3n) is 3.88. The first kappa shape index (κ1) is 16.0. The van der Waals surface area contributed by atoms with Crippen LogP contribution in [0.25, 0.3) is 0 Å². The van der Waals surface area contributed by atoms with Crippen LogP contribution < -0.4 is 5.32 Å². The second-order valence-corrected chi connectivity index (χ2v) is 7.31. The minimum Gasteiger partial charge on any atom is -0.355 e. The Bertz CT molecular complexity index is 618. The van der Waals surface area contributed by atoms with Gasteiger partial charge in [0.25, 0.3) is 5.91 Å². The van der Waals surface area contributed by atoms with Crippen molar-refractivity contribution in [3.8, 4) is 0 Å². The Hall–Kier alpha value is -1.40. The average Bonchev–Trinajstić information content (AvgIpc) is 2.76. The molecule has 1 aromatic rings. The summed E-state index contributed by atoms with van der Waals surface area (Å²) in [6.45, 7) is 2.92. The van der Waals surface area contributed by atoms with Gasteiger partial charge in [0.1, 0.15) is 0 Å². The van der Waals surface area contributed by atoms with E-state index < -0.39 is 10.0 Å². The van der Waals surface area contributed by atoms with Gasteiger partial charge in [0.2, 0.25) is 10.0 Å². The van der Waals surface area contributed by atoms with E-state index in [-0.39, 0.29) is 10.8 Å². The van der Waals surface area contributed by atoms with Gasteiger partial charge in [-0.05, 0) is 37.5 Å². The number of sulfonamides is 1. The molecule has 6 heteroatoms. The monoisotopic (exact) mass is 310 g/mol. The van der Waals surface area contributed by atoms with Crippen molar-refractivity contribution in [2.45, 2.75) is 37.5 Å². The standard InChI is InChI=1S/C15H22N2O3S/c1-12-7-8-13(11-14(12)15(18)16-2)21(19,20)17-9-5-3-4-6-10-17/h7-8,11H,3-6,9-10H2,1-2H3,(H,16,18). The number of hydrogen-bond acceptors (Lipinski definition) is 3. The number of amides is 1. The molecule has 0 spiro atoms. The largest absolute Gasteiger partial charge is 0.355 e. The highest BCUT2D eigenvalue weighted by atomic mass is 32.2. The lowest BCUT2D eigenvalue weighted by Gasteiger charge is -2.20. The van der Waals surface area contributed by atoms with E-state index in [4.69, 9.17) is 0 Å². The van der Waals surface area contributed by atoms with E-state index in [1.807, 2.05) is 0 Å². The van der Waals surface area contributed by atoms with Crippen molar-refractivity contribution in [2.75, 3.05) is 20.1 Å². The maximum atomic E-state index is 12.7. The number of nitrogens with one attached hydrogen (secondary N) is 1. The summed E-state index contributed by atoms with van der Waals surface area (Å²) < 4.78 is 27.0. The Kier molecular flexibility index (Phi) is 5.00. The van der Waals surface area contributed by atoms with Gasteiger partial charge in [-0.2, -0.15) is 4.31 Å². The minimum atomic E-state index is -3.51. The molecule has 0 saturated carbocycles. The van der Waals surface area contributed by atoms with Crippen LogP contribution in [0.5, 0.6) is 0 Å². The molecule has 1 aromatic carbocycles. The molecule has 2 rings (SSSR count). The first-order valence-electron chi connectivity index (χ1n) is 7.29. The maximum absolute atomic E-state index is 12.7. The Morgan fingerprint density at radius 2 is 1.76 bits per heavy atom. The normalized spacial score (nSPS) is 17.2. The van der Waals surface area contributed by atoms with Gasteiger partial charge in [0.15, 0.2) is 0 Å². The van der Waals surface area contributed by atoms with E-state index in [1.54, 1.807) is 19.1 Å². The average molecular weight is 310 g/mol. The molecular formula is C15H22N2O3S. The Balaban J connectivity index is 2.37. The predicted molar refractivity (Wildman–Crippen MR) is 81.8 cm³/mol. The van der Waals surface area contributed by atoms with Crippen LogP contribution in [0.1, 0.15) is 41.6 Å². The van der Waals surface area contributed by atoms with Crippen LogP contribution in [0.15, 0.2) is 23.1 Å². The van der Waals surface area contributed by atoms with Crippen LogP contribution in [0.3, 0.4) is 0 Å². The predicted octanol–water partition coefficient (Wildman–Crippen LogP) is 1.92. The molecule has 0 aliphatic carbocycles. The van der Waals surface area contributed by atoms with E-state index in [9.17, 15) is 13.2 Å². The molecule has 5 nitrogen and oxygen atoms in total. The molecule has 0 bridgehead atoms. The van der Waals surface area contributed by atoms with Crippen LogP contribution in [0.2, 0.25) is 0 Å². The minimum absolute atomic E-state index is 0.202. The van der Waals surface area contributed by atoms with Crippen molar-refractivity contribution in [2.24, 2.45) is 0 Å². The zero-order valence-corrected chi connectivity index (χ0v) is 13.4. The van der Waals surface area contributed by atoms with Gasteiger partial charge in [-0.1, -0.05) is 18.9 Å². The lowest BCUT2D eigenvalue weighted by atomic mass is 10.1. The zero-order chi connectivity index (χ0) is 15.5. The van der Waals surface area contributed by atoms with E-state index in [1.165, 1.54) is 17.4 Å². The highest BCUT2D eigenvalue weighted by Gasteiger charge is 2.26. The summed E-state index contributed by atoms with van der Waals surface area (Å²) in [6.07, 6.45) is 3.94. The van der Waals surface area contributed by atoms with Crippen LogP contribution in [0.4, 0.5) is 0 Å². The summed E-state index contributed by atoms with van der Waals surface area (Å²) in [5, 5.41) is 2.54. The van der Waals surface area contributed by atoms with E-state index >= 15 is 0 Å². The number of rotatable bonds is 3. The van der Waals surface area contributed by atoms with Crippen molar-refractivity contribution in [3.63, 3.8) is 0 Å². The number of nitrogens with zero attached hydrogens (tertiary/aromatic N) is 1. The SMILES string of the molecule is CNC(=O)c1cc(S(=O)(=O)N2CCCCCC2)ccc1C. The topological polar surface area (TPSA) is 66.5 Å². The summed E-state index contributed by atoms with van der Waals surface area (Å²) in [5.74, 6) is -0.264. The number of hydrogen-bond donors (Lipinski definition) is 1. The van der Waals surface area contributed by atoms with Crippen molar-refractivity contribution in [1.29, 1.82) is 0 Å². The highest BCUT2D eigenvalue weighted by molar-refractivity contribution is 7.89. The Morgan fingerprint density at radius 3 is 2.33 bits per heavy atom. The van der Waals surface area contributed by atoms with Crippen molar-refractivity contribution >= 4 is 15.9 Å². The fraction of sp³-hybridized carbons (Fsp3) is 0.533. The summed E-state index contributed by atoms with van der Waals surface area (Å²) in [5.41, 5.74) is 1.18. The number of benzene rings is 1. The summed E-state index contributed by atoms with van der Waals surface area (Å²) >= 11 is 0. The Morgan fingerprint density at radius 1 is 1.14 bits per heavy atom. The second-order valence-electron chi connectivity index (χ2n) is 5.37. The maximum Gasteiger partial charge on any atom is 0.251 e. The fourth-order valence-electron chi connectivity index (χ4n) is 2.57. The Labute approximate surface area is 126 Å². The summed E-state index contributed by atoms with van der Waals surface area (Å²) in [7, 11) is -1.97. The van der Waals surface area contributed by atoms with Gasteiger partial charge in [-0.25, -0.2) is 8.42 Å².